The van der Waals surface area contributed by atoms with E-state index in [1.165, 1.54) is 11.1 Å². The number of para-hydroxylation sites is 2. The van der Waals surface area contributed by atoms with Crippen molar-refractivity contribution in [1.29, 1.82) is 0 Å². The van der Waals surface area contributed by atoms with Gasteiger partial charge in [0, 0.05) is 0 Å². The van der Waals surface area contributed by atoms with Crippen molar-refractivity contribution in [2.45, 2.75) is 13.2 Å². The van der Waals surface area contributed by atoms with Gasteiger partial charge >= 0.3 is 0 Å². The van der Waals surface area contributed by atoms with E-state index in [1.807, 2.05) is 97.1 Å². The summed E-state index contributed by atoms with van der Waals surface area (Å²) in [7, 11) is 0. The molecule has 0 radical (unpaired) electrons. The van der Waals surface area contributed by atoms with Crippen LogP contribution in [0.1, 0.15) is 11.1 Å². The lowest BCUT2D eigenvalue weighted by atomic mass is 10.2. The van der Waals surface area contributed by atoms with Crippen LogP contribution in [0.5, 0.6) is 11.5 Å². The summed E-state index contributed by atoms with van der Waals surface area (Å²) in [5.74, 6) is 1.74. The van der Waals surface area contributed by atoms with Gasteiger partial charge in [0.15, 0.2) is 0 Å². The average molecular weight is 368 g/mol. The van der Waals surface area contributed by atoms with E-state index >= 15 is 0 Å². The lowest BCUT2D eigenvalue weighted by Crippen LogP contribution is -1.93. The van der Waals surface area contributed by atoms with Crippen LogP contribution in [0.2, 0.25) is 0 Å². The van der Waals surface area contributed by atoms with E-state index in [0.717, 1.165) is 11.5 Å². The van der Waals surface area contributed by atoms with E-state index in [2.05, 4.69) is 24.3 Å². The lowest BCUT2D eigenvalue weighted by molar-refractivity contribution is 0.107. The summed E-state index contributed by atoms with van der Waals surface area (Å²) in [5.41, 5.74) is 2.43. The Kier molecular flexibility index (Phi) is 7.88. The molecule has 0 saturated carbocycles. The molecule has 0 fully saturated rings. The highest BCUT2D eigenvalue weighted by Gasteiger charge is 1.94. The maximum atomic E-state index is 5.61. The normalized spacial score (nSPS) is 9.86. The molecule has 4 aromatic carbocycles. The number of hydrogen-bond donors (Lipinski definition) is 0. The molecule has 0 heterocycles. The molecule has 0 aliphatic carbocycles. The Morgan fingerprint density at radius 2 is 0.714 bits per heavy atom. The smallest absolute Gasteiger partial charge is 0.127 e. The molecule has 0 saturated heterocycles. The molecule has 0 bridgehead atoms. The van der Waals surface area contributed by atoms with Crippen LogP contribution in [0.25, 0.3) is 0 Å². The molecule has 4 rings (SSSR count). The number of benzene rings is 4. The van der Waals surface area contributed by atoms with Crippen molar-refractivity contribution in [1.82, 2.24) is 0 Å². The Bertz CT molecular complexity index is 815. The summed E-state index contributed by atoms with van der Waals surface area (Å²) in [6.45, 7) is 1.35. The third-order valence-electron chi connectivity index (χ3n) is 3.95. The van der Waals surface area contributed by atoms with E-state index in [0.29, 0.717) is 13.2 Å². The predicted molar refractivity (Wildman–Crippen MR) is 114 cm³/mol. The van der Waals surface area contributed by atoms with Crippen molar-refractivity contribution in [3.63, 3.8) is 0 Å². The van der Waals surface area contributed by atoms with Gasteiger partial charge < -0.3 is 9.47 Å². The van der Waals surface area contributed by atoms with Gasteiger partial charge in [-0.25, -0.2) is 0 Å². The molecule has 0 aromatic heterocycles. The second kappa shape index (κ2) is 11.4. The Labute approximate surface area is 167 Å². The van der Waals surface area contributed by atoms with Crippen LogP contribution in [0.3, 0.4) is 0 Å². The largest absolute Gasteiger partial charge is 0.457 e. The summed E-state index contributed by atoms with van der Waals surface area (Å²) >= 11 is 0. The molecule has 0 amide bonds. The van der Waals surface area contributed by atoms with Gasteiger partial charge in [-0.15, -0.1) is 0 Å². The van der Waals surface area contributed by atoms with Crippen LogP contribution >= 0.6 is 0 Å². The van der Waals surface area contributed by atoms with E-state index < -0.39 is 0 Å². The molecule has 2 heteroatoms. The van der Waals surface area contributed by atoms with Crippen molar-refractivity contribution in [2.75, 3.05) is 0 Å². The van der Waals surface area contributed by atoms with Gasteiger partial charge in [0.25, 0.3) is 0 Å². The molecule has 0 spiro atoms. The molecule has 28 heavy (non-hydrogen) atoms. The van der Waals surface area contributed by atoms with Gasteiger partial charge in [-0.05, 0) is 35.4 Å². The highest BCUT2D eigenvalue weighted by molar-refractivity contribution is 5.30. The summed E-state index contributed by atoms with van der Waals surface area (Å²) in [6.07, 6.45) is 0. The van der Waals surface area contributed by atoms with Crippen molar-refractivity contribution < 1.29 is 9.47 Å². The van der Waals surface area contributed by atoms with Crippen molar-refractivity contribution in [3.05, 3.63) is 132 Å². The van der Waals surface area contributed by atoms with Crippen molar-refractivity contribution in [3.8, 4) is 11.5 Å². The van der Waals surface area contributed by atoms with Gasteiger partial charge in [0.1, 0.15) is 11.5 Å². The van der Waals surface area contributed by atoms with Gasteiger partial charge in [-0.2, -0.15) is 0 Å². The van der Waals surface area contributed by atoms with Crippen molar-refractivity contribution >= 4 is 0 Å². The SMILES string of the molecule is c1ccc(COCc2ccccc2)cc1.c1ccc(Oc2ccccc2)cc1. The Morgan fingerprint density at radius 3 is 1.07 bits per heavy atom. The van der Waals surface area contributed by atoms with Crippen LogP contribution in [0.4, 0.5) is 0 Å². The monoisotopic (exact) mass is 368 g/mol. The highest BCUT2D eigenvalue weighted by Crippen LogP contribution is 2.19. The number of rotatable bonds is 6. The minimum Gasteiger partial charge on any atom is -0.457 e. The maximum absolute atomic E-state index is 5.61. The molecule has 4 aromatic rings. The first-order chi connectivity index (χ1) is 13.9. The molecule has 140 valence electrons. The summed E-state index contributed by atoms with van der Waals surface area (Å²) < 4.78 is 11.2. The first-order valence-corrected chi connectivity index (χ1v) is 9.34. The third kappa shape index (κ3) is 7.10. The first-order valence-electron chi connectivity index (χ1n) is 9.34. The summed E-state index contributed by atoms with van der Waals surface area (Å²) in [4.78, 5) is 0. The van der Waals surface area contributed by atoms with Crippen LogP contribution in [-0.2, 0) is 18.0 Å². The van der Waals surface area contributed by atoms with E-state index in [-0.39, 0.29) is 0 Å². The second-order valence-corrected chi connectivity index (χ2v) is 6.19. The molecular formula is C26H24O2. The topological polar surface area (TPSA) is 18.5 Å². The maximum Gasteiger partial charge on any atom is 0.127 e. The molecule has 2 nitrogen and oxygen atoms in total. The second-order valence-electron chi connectivity index (χ2n) is 6.19. The van der Waals surface area contributed by atoms with Crippen LogP contribution in [0, 0.1) is 0 Å². The van der Waals surface area contributed by atoms with E-state index in [1.54, 1.807) is 0 Å². The first kappa shape index (κ1) is 19.4. The fraction of sp³-hybridized carbons (Fsp3) is 0.0769. The third-order valence-corrected chi connectivity index (χ3v) is 3.95. The van der Waals surface area contributed by atoms with Crippen molar-refractivity contribution in [2.24, 2.45) is 0 Å². The van der Waals surface area contributed by atoms with Gasteiger partial charge in [-0.1, -0.05) is 97.1 Å². The average Bonchev–Trinajstić information content (AvgIpc) is 2.77. The minimum atomic E-state index is 0.676. The zero-order chi connectivity index (χ0) is 19.3. The molecule has 0 aliphatic rings. The van der Waals surface area contributed by atoms with Crippen LogP contribution in [-0.4, -0.2) is 0 Å². The molecule has 0 N–H and O–H groups in total. The van der Waals surface area contributed by atoms with Gasteiger partial charge in [0.2, 0.25) is 0 Å². The van der Waals surface area contributed by atoms with Crippen LogP contribution in [0.15, 0.2) is 121 Å². The molecule has 0 atom stereocenters. The number of ether oxygens (including phenoxy) is 2. The molecule has 0 unspecified atom stereocenters. The molecule has 0 aliphatic heterocycles. The zero-order valence-electron chi connectivity index (χ0n) is 15.8. The highest BCUT2D eigenvalue weighted by atomic mass is 16.5. The fourth-order valence-corrected chi connectivity index (χ4v) is 2.55. The van der Waals surface area contributed by atoms with E-state index in [4.69, 9.17) is 9.47 Å². The standard InChI is InChI=1S/C14H14O.C12H10O/c1-3-7-13(8-4-1)11-15-12-14-9-5-2-6-10-14;1-3-7-11(8-4-1)13-12-9-5-2-6-10-12/h1-10H,11-12H2;1-10H. The van der Waals surface area contributed by atoms with Gasteiger partial charge in [-0.3, -0.25) is 0 Å². The fourth-order valence-electron chi connectivity index (χ4n) is 2.55. The Hall–Kier alpha value is -3.36. The predicted octanol–water partition coefficient (Wildman–Crippen LogP) is 6.88. The lowest BCUT2D eigenvalue weighted by Gasteiger charge is -2.03. The Balaban J connectivity index is 0.000000162. The summed E-state index contributed by atoms with van der Waals surface area (Å²) in [6, 6.07) is 40.0. The number of hydrogen-bond acceptors (Lipinski definition) is 2. The van der Waals surface area contributed by atoms with E-state index in [9.17, 15) is 0 Å². The Morgan fingerprint density at radius 1 is 0.393 bits per heavy atom. The summed E-state index contributed by atoms with van der Waals surface area (Å²) in [5, 5.41) is 0. The molecular weight excluding hydrogens is 344 g/mol. The quantitative estimate of drug-likeness (QED) is 0.369. The zero-order valence-corrected chi connectivity index (χ0v) is 15.8. The minimum absolute atomic E-state index is 0.676. The van der Waals surface area contributed by atoms with Crippen LogP contribution < -0.4 is 4.74 Å². The van der Waals surface area contributed by atoms with Gasteiger partial charge in [0.05, 0.1) is 13.2 Å².